The van der Waals surface area contributed by atoms with E-state index >= 15 is 0 Å². The van der Waals surface area contributed by atoms with Crippen LogP contribution in [-0.4, -0.2) is 31.9 Å². The van der Waals surface area contributed by atoms with Crippen LogP contribution >= 0.6 is 0 Å². The molecular weight excluding hydrogens is 358 g/mol. The fraction of sp³-hybridized carbons (Fsp3) is 0.167. The van der Waals surface area contributed by atoms with Gasteiger partial charge in [0.25, 0.3) is 0 Å². The van der Waals surface area contributed by atoms with Gasteiger partial charge in [0.1, 0.15) is 5.82 Å². The van der Waals surface area contributed by atoms with E-state index in [0.717, 1.165) is 46.9 Å². The summed E-state index contributed by atoms with van der Waals surface area (Å²) in [7, 11) is 2.16. The Balaban J connectivity index is 1.43. The normalized spacial score (nSPS) is 11.7. The number of imidazole rings is 1. The van der Waals surface area contributed by atoms with Crippen LogP contribution in [0.1, 0.15) is 17.0 Å². The molecule has 0 amide bonds. The quantitative estimate of drug-likeness (QED) is 0.448. The number of nitrogens with zero attached hydrogens (tertiary/aromatic N) is 3. The Hall–Kier alpha value is -3.44. The van der Waals surface area contributed by atoms with Crippen molar-refractivity contribution in [3.8, 4) is 11.3 Å². The summed E-state index contributed by atoms with van der Waals surface area (Å²) in [5.41, 5.74) is 7.66. The molecule has 5 rings (SSSR count). The molecule has 2 N–H and O–H groups in total. The highest BCUT2D eigenvalue weighted by Gasteiger charge is 2.11. The Kier molecular flexibility index (Phi) is 4.37. The maximum atomic E-state index is 4.45. The molecule has 0 saturated carbocycles. The topological polar surface area (TPSA) is 60.6 Å². The summed E-state index contributed by atoms with van der Waals surface area (Å²) in [6.45, 7) is 3.80. The molecule has 3 aromatic heterocycles. The smallest absolute Gasteiger partial charge is 0.178 e. The second-order valence-corrected chi connectivity index (χ2v) is 7.64. The van der Waals surface area contributed by atoms with Gasteiger partial charge in [-0.3, -0.25) is 4.90 Å². The van der Waals surface area contributed by atoms with E-state index in [-0.39, 0.29) is 0 Å². The van der Waals surface area contributed by atoms with Gasteiger partial charge in [-0.15, -0.1) is 0 Å². The van der Waals surface area contributed by atoms with Crippen molar-refractivity contribution in [1.82, 2.24) is 24.8 Å². The number of H-pyrrole nitrogens is 2. The number of nitrogens with one attached hydrogen (secondary N) is 2. The summed E-state index contributed by atoms with van der Waals surface area (Å²) in [4.78, 5) is 18.0. The molecule has 0 saturated heterocycles. The number of fused-ring (bicyclic) bond motifs is 2. The van der Waals surface area contributed by atoms with E-state index in [2.05, 4.69) is 86.5 Å². The Morgan fingerprint density at radius 1 is 0.897 bits per heavy atom. The van der Waals surface area contributed by atoms with Crippen LogP contribution in [0.3, 0.4) is 0 Å². The van der Waals surface area contributed by atoms with Crippen molar-refractivity contribution in [2.75, 3.05) is 7.05 Å². The minimum Gasteiger partial charge on any atom is -0.354 e. The van der Waals surface area contributed by atoms with Crippen molar-refractivity contribution in [1.29, 1.82) is 0 Å². The van der Waals surface area contributed by atoms with Crippen molar-refractivity contribution < 1.29 is 0 Å². The van der Waals surface area contributed by atoms with Crippen molar-refractivity contribution in [2.24, 2.45) is 0 Å². The van der Waals surface area contributed by atoms with Crippen LogP contribution in [0.2, 0.25) is 0 Å². The fourth-order valence-corrected chi connectivity index (χ4v) is 3.94. The molecule has 0 radical (unpaired) electrons. The molecule has 3 heterocycles. The molecule has 5 heteroatoms. The molecule has 144 valence electrons. The van der Waals surface area contributed by atoms with E-state index in [9.17, 15) is 0 Å². The molecule has 5 aromatic rings. The van der Waals surface area contributed by atoms with Crippen LogP contribution < -0.4 is 0 Å². The van der Waals surface area contributed by atoms with E-state index in [1.54, 1.807) is 0 Å². The molecule has 0 aliphatic carbocycles. The van der Waals surface area contributed by atoms with Gasteiger partial charge >= 0.3 is 0 Å². The van der Waals surface area contributed by atoms with Gasteiger partial charge < -0.3 is 9.97 Å². The lowest BCUT2D eigenvalue weighted by atomic mass is 10.1. The van der Waals surface area contributed by atoms with Gasteiger partial charge in [0.15, 0.2) is 5.65 Å². The zero-order valence-electron chi connectivity index (χ0n) is 16.6. The summed E-state index contributed by atoms with van der Waals surface area (Å²) >= 11 is 0. The highest BCUT2D eigenvalue weighted by molar-refractivity contribution is 5.94. The maximum absolute atomic E-state index is 4.45. The first-order chi connectivity index (χ1) is 14.2. The lowest BCUT2D eigenvalue weighted by molar-refractivity contribution is 0.319. The van der Waals surface area contributed by atoms with Gasteiger partial charge in [0, 0.05) is 41.4 Å². The molecule has 0 bridgehead atoms. The predicted octanol–water partition coefficient (Wildman–Crippen LogP) is 5.05. The summed E-state index contributed by atoms with van der Waals surface area (Å²) in [6, 6.07) is 21.5. The monoisotopic (exact) mass is 381 g/mol. The third-order valence-electron chi connectivity index (χ3n) is 5.23. The maximum Gasteiger partial charge on any atom is 0.178 e. The predicted molar refractivity (Wildman–Crippen MR) is 118 cm³/mol. The second kappa shape index (κ2) is 7.18. The van der Waals surface area contributed by atoms with Gasteiger partial charge in [-0.1, -0.05) is 36.4 Å². The van der Waals surface area contributed by atoms with Crippen LogP contribution in [0.4, 0.5) is 0 Å². The molecule has 0 atom stereocenters. The second-order valence-electron chi connectivity index (χ2n) is 7.64. The molecule has 0 aliphatic rings. The summed E-state index contributed by atoms with van der Waals surface area (Å²) < 4.78 is 0. The lowest BCUT2D eigenvalue weighted by Gasteiger charge is -2.16. The van der Waals surface area contributed by atoms with Gasteiger partial charge in [0.05, 0.1) is 5.52 Å². The van der Waals surface area contributed by atoms with E-state index in [4.69, 9.17) is 0 Å². The first-order valence-electron chi connectivity index (χ1n) is 9.81. The Morgan fingerprint density at radius 3 is 2.59 bits per heavy atom. The molecule has 0 aliphatic heterocycles. The minimum atomic E-state index is 0.752. The van der Waals surface area contributed by atoms with Crippen molar-refractivity contribution in [3.05, 3.63) is 83.8 Å². The number of aromatic amines is 2. The van der Waals surface area contributed by atoms with Crippen LogP contribution in [0.5, 0.6) is 0 Å². The van der Waals surface area contributed by atoms with E-state index in [0.29, 0.717) is 0 Å². The van der Waals surface area contributed by atoms with Crippen LogP contribution in [-0.2, 0) is 13.1 Å². The SMILES string of the molecule is Cc1nc2nccc(-c3cc4cc(CN(C)Cc5ccccc5)ccc4[nH]3)c2[nH]1. The van der Waals surface area contributed by atoms with Gasteiger partial charge in [-0.25, -0.2) is 9.97 Å². The number of rotatable bonds is 5. The summed E-state index contributed by atoms with van der Waals surface area (Å²) in [6.07, 6.45) is 1.81. The van der Waals surface area contributed by atoms with Crippen LogP contribution in [0.25, 0.3) is 33.3 Å². The van der Waals surface area contributed by atoms with Crippen LogP contribution in [0, 0.1) is 6.92 Å². The van der Waals surface area contributed by atoms with Gasteiger partial charge in [0.2, 0.25) is 0 Å². The lowest BCUT2D eigenvalue weighted by Crippen LogP contribution is -2.17. The highest BCUT2D eigenvalue weighted by atomic mass is 15.1. The first kappa shape index (κ1) is 17.6. The zero-order chi connectivity index (χ0) is 19.8. The first-order valence-corrected chi connectivity index (χ1v) is 9.81. The molecule has 29 heavy (non-hydrogen) atoms. The number of hydrogen-bond acceptors (Lipinski definition) is 3. The van der Waals surface area contributed by atoms with Crippen LogP contribution in [0.15, 0.2) is 66.9 Å². The average Bonchev–Trinajstić information content (AvgIpc) is 3.30. The molecule has 0 unspecified atom stereocenters. The Morgan fingerprint density at radius 2 is 1.72 bits per heavy atom. The zero-order valence-corrected chi connectivity index (χ0v) is 16.6. The molecule has 0 fully saturated rings. The number of aromatic nitrogens is 4. The summed E-state index contributed by atoms with van der Waals surface area (Å²) in [5.74, 6) is 0.875. The molecule has 2 aromatic carbocycles. The summed E-state index contributed by atoms with van der Waals surface area (Å²) in [5, 5.41) is 1.21. The largest absolute Gasteiger partial charge is 0.354 e. The third-order valence-corrected chi connectivity index (χ3v) is 5.23. The Bertz CT molecular complexity index is 1280. The number of hydrogen-bond donors (Lipinski definition) is 2. The molecule has 5 nitrogen and oxygen atoms in total. The third kappa shape index (κ3) is 3.52. The fourth-order valence-electron chi connectivity index (χ4n) is 3.94. The van der Waals surface area contributed by atoms with Crippen molar-refractivity contribution in [3.63, 3.8) is 0 Å². The standard InChI is InChI=1S/C24H23N5/c1-16-26-23-20(10-11-25-24(23)27-16)22-13-19-12-18(8-9-21(19)28-22)15-29(2)14-17-6-4-3-5-7-17/h3-13,28H,14-15H2,1-2H3,(H,25,26,27). The Labute approximate surface area is 169 Å². The highest BCUT2D eigenvalue weighted by Crippen LogP contribution is 2.29. The molecule has 0 spiro atoms. The van der Waals surface area contributed by atoms with Crippen molar-refractivity contribution in [2.45, 2.75) is 20.0 Å². The van der Waals surface area contributed by atoms with Gasteiger partial charge in [-0.2, -0.15) is 0 Å². The average molecular weight is 381 g/mol. The van der Waals surface area contributed by atoms with E-state index in [1.165, 1.54) is 16.5 Å². The number of aryl methyl sites for hydroxylation is 1. The number of benzene rings is 2. The van der Waals surface area contributed by atoms with Crippen molar-refractivity contribution >= 4 is 22.1 Å². The van der Waals surface area contributed by atoms with E-state index < -0.39 is 0 Å². The molecular formula is C24H23N5. The minimum absolute atomic E-state index is 0.752. The van der Waals surface area contributed by atoms with E-state index in [1.807, 2.05) is 19.2 Å². The number of pyridine rings is 1. The van der Waals surface area contributed by atoms with Gasteiger partial charge in [-0.05, 0) is 49.4 Å².